The van der Waals surface area contributed by atoms with Crippen molar-refractivity contribution in [3.05, 3.63) is 35.4 Å². The highest BCUT2D eigenvalue weighted by Gasteiger charge is 2.34. The van der Waals surface area contributed by atoms with Gasteiger partial charge in [-0.15, -0.1) is 0 Å². The summed E-state index contributed by atoms with van der Waals surface area (Å²) in [6, 6.07) is 6.94. The molecule has 4 heteroatoms. The topological polar surface area (TPSA) is 57.6 Å². The van der Waals surface area contributed by atoms with Crippen LogP contribution in [0.15, 0.2) is 24.3 Å². The molecule has 0 saturated heterocycles. The summed E-state index contributed by atoms with van der Waals surface area (Å²) in [5, 5.41) is 8.93. The number of rotatable bonds is 6. The largest absolute Gasteiger partial charge is 0.396 e. The van der Waals surface area contributed by atoms with Gasteiger partial charge in [0.25, 0.3) is 11.8 Å². The van der Waals surface area contributed by atoms with Crippen molar-refractivity contribution in [2.45, 2.75) is 26.2 Å². The first-order valence-corrected chi connectivity index (χ1v) is 6.71. The molecule has 1 unspecified atom stereocenters. The molecule has 0 saturated carbocycles. The number of hydrogen-bond donors (Lipinski definition) is 1. The summed E-state index contributed by atoms with van der Waals surface area (Å²) in [7, 11) is 0. The van der Waals surface area contributed by atoms with E-state index in [1.54, 1.807) is 24.3 Å². The van der Waals surface area contributed by atoms with Gasteiger partial charge >= 0.3 is 0 Å². The SMILES string of the molecule is CC(CO)CCCCN1C(=O)c2ccccc2C1=O. The fourth-order valence-electron chi connectivity index (χ4n) is 2.30. The Labute approximate surface area is 113 Å². The maximum atomic E-state index is 12.1. The molecule has 0 aliphatic carbocycles. The molecular weight excluding hydrogens is 242 g/mol. The van der Waals surface area contributed by atoms with E-state index in [-0.39, 0.29) is 24.3 Å². The third-order valence-corrected chi connectivity index (χ3v) is 3.52. The lowest BCUT2D eigenvalue weighted by molar-refractivity contribution is 0.0650. The van der Waals surface area contributed by atoms with Gasteiger partial charge in [-0.2, -0.15) is 0 Å². The van der Waals surface area contributed by atoms with Crippen molar-refractivity contribution in [1.29, 1.82) is 0 Å². The highest BCUT2D eigenvalue weighted by Crippen LogP contribution is 2.22. The highest BCUT2D eigenvalue weighted by atomic mass is 16.3. The third-order valence-electron chi connectivity index (χ3n) is 3.52. The van der Waals surface area contributed by atoms with Gasteiger partial charge in [0.15, 0.2) is 0 Å². The van der Waals surface area contributed by atoms with E-state index in [1.807, 2.05) is 6.92 Å². The summed E-state index contributed by atoms with van der Waals surface area (Å²) < 4.78 is 0. The minimum absolute atomic E-state index is 0.184. The molecule has 1 aromatic rings. The number of carbonyl (C=O) groups excluding carboxylic acids is 2. The van der Waals surface area contributed by atoms with Gasteiger partial charge in [-0.05, 0) is 30.9 Å². The lowest BCUT2D eigenvalue weighted by Gasteiger charge is -2.14. The van der Waals surface area contributed by atoms with E-state index in [2.05, 4.69) is 0 Å². The van der Waals surface area contributed by atoms with Crippen molar-refractivity contribution in [1.82, 2.24) is 4.90 Å². The maximum Gasteiger partial charge on any atom is 0.261 e. The summed E-state index contributed by atoms with van der Waals surface area (Å²) in [6.07, 6.45) is 2.62. The number of imide groups is 1. The average Bonchev–Trinajstić information content (AvgIpc) is 2.68. The van der Waals surface area contributed by atoms with Crippen LogP contribution in [0.3, 0.4) is 0 Å². The molecule has 2 rings (SSSR count). The molecule has 0 spiro atoms. The zero-order chi connectivity index (χ0) is 13.8. The number of nitrogens with zero attached hydrogens (tertiary/aromatic N) is 1. The van der Waals surface area contributed by atoms with Gasteiger partial charge in [-0.1, -0.05) is 25.5 Å². The van der Waals surface area contributed by atoms with Crippen LogP contribution >= 0.6 is 0 Å². The van der Waals surface area contributed by atoms with E-state index in [9.17, 15) is 9.59 Å². The van der Waals surface area contributed by atoms with E-state index in [0.29, 0.717) is 17.7 Å². The van der Waals surface area contributed by atoms with Crippen molar-refractivity contribution in [3.8, 4) is 0 Å². The predicted molar refractivity (Wildman–Crippen MR) is 71.9 cm³/mol. The second-order valence-corrected chi connectivity index (χ2v) is 5.09. The fraction of sp³-hybridized carbons (Fsp3) is 0.467. The monoisotopic (exact) mass is 261 g/mol. The number of unbranched alkanes of at least 4 members (excludes halogenated alkanes) is 1. The maximum absolute atomic E-state index is 12.1. The third kappa shape index (κ3) is 2.84. The van der Waals surface area contributed by atoms with Crippen molar-refractivity contribution >= 4 is 11.8 Å². The van der Waals surface area contributed by atoms with E-state index in [4.69, 9.17) is 5.11 Å². The average molecular weight is 261 g/mol. The molecule has 4 nitrogen and oxygen atoms in total. The Kier molecular flexibility index (Phi) is 4.32. The lowest BCUT2D eigenvalue weighted by atomic mass is 10.1. The zero-order valence-corrected chi connectivity index (χ0v) is 11.1. The van der Waals surface area contributed by atoms with Crippen molar-refractivity contribution < 1.29 is 14.7 Å². The van der Waals surface area contributed by atoms with Crippen LogP contribution in [0.1, 0.15) is 46.9 Å². The number of amides is 2. The minimum Gasteiger partial charge on any atom is -0.396 e. The zero-order valence-electron chi connectivity index (χ0n) is 11.1. The molecule has 19 heavy (non-hydrogen) atoms. The molecule has 0 bridgehead atoms. The molecule has 1 aromatic carbocycles. The molecule has 1 heterocycles. The molecule has 1 N–H and O–H groups in total. The fourth-order valence-corrected chi connectivity index (χ4v) is 2.30. The molecule has 1 atom stereocenters. The predicted octanol–water partition coefficient (Wildman–Crippen LogP) is 2.08. The highest BCUT2D eigenvalue weighted by molar-refractivity contribution is 6.21. The van der Waals surface area contributed by atoms with E-state index in [0.717, 1.165) is 19.3 Å². The Morgan fingerprint density at radius 3 is 2.21 bits per heavy atom. The number of fused-ring (bicyclic) bond motifs is 1. The van der Waals surface area contributed by atoms with E-state index < -0.39 is 0 Å². The molecule has 1 aliphatic heterocycles. The first kappa shape index (κ1) is 13.7. The van der Waals surface area contributed by atoms with Crippen molar-refractivity contribution in [3.63, 3.8) is 0 Å². The first-order chi connectivity index (χ1) is 9.15. The van der Waals surface area contributed by atoms with Gasteiger partial charge in [-0.3, -0.25) is 14.5 Å². The first-order valence-electron chi connectivity index (χ1n) is 6.71. The van der Waals surface area contributed by atoms with Crippen LogP contribution in [0.5, 0.6) is 0 Å². The number of aliphatic hydroxyl groups is 1. The van der Waals surface area contributed by atoms with Crippen LogP contribution < -0.4 is 0 Å². The summed E-state index contributed by atoms with van der Waals surface area (Å²) >= 11 is 0. The quantitative estimate of drug-likeness (QED) is 0.630. The summed E-state index contributed by atoms with van der Waals surface area (Å²) in [4.78, 5) is 25.4. The normalized spacial score (nSPS) is 15.8. The molecular formula is C15H19NO3. The van der Waals surface area contributed by atoms with Crippen LogP contribution in [0.25, 0.3) is 0 Å². The Hall–Kier alpha value is -1.68. The summed E-state index contributed by atoms with van der Waals surface area (Å²) in [5.41, 5.74) is 1.02. The van der Waals surface area contributed by atoms with Crippen LogP contribution in [-0.4, -0.2) is 35.0 Å². The van der Waals surface area contributed by atoms with Crippen LogP contribution in [-0.2, 0) is 0 Å². The number of hydrogen-bond acceptors (Lipinski definition) is 3. The smallest absolute Gasteiger partial charge is 0.261 e. The molecule has 0 aromatic heterocycles. The van der Waals surface area contributed by atoms with Crippen molar-refractivity contribution in [2.24, 2.45) is 5.92 Å². The van der Waals surface area contributed by atoms with Gasteiger partial charge in [0.05, 0.1) is 11.1 Å². The van der Waals surface area contributed by atoms with Crippen LogP contribution in [0.4, 0.5) is 0 Å². The molecule has 0 radical (unpaired) electrons. The Morgan fingerprint density at radius 2 is 1.68 bits per heavy atom. The van der Waals surface area contributed by atoms with Gasteiger partial charge in [-0.25, -0.2) is 0 Å². The Bertz CT molecular complexity index is 449. The van der Waals surface area contributed by atoms with Gasteiger partial charge in [0.2, 0.25) is 0 Å². The van der Waals surface area contributed by atoms with E-state index >= 15 is 0 Å². The van der Waals surface area contributed by atoms with Crippen LogP contribution in [0.2, 0.25) is 0 Å². The number of carbonyl (C=O) groups is 2. The Balaban J connectivity index is 1.90. The van der Waals surface area contributed by atoms with E-state index in [1.165, 1.54) is 4.90 Å². The lowest BCUT2D eigenvalue weighted by Crippen LogP contribution is -2.30. The number of aliphatic hydroxyl groups excluding tert-OH is 1. The number of benzene rings is 1. The summed E-state index contributed by atoms with van der Waals surface area (Å²) in [5.74, 6) is -0.0891. The minimum atomic E-state index is -0.184. The van der Waals surface area contributed by atoms with Crippen LogP contribution in [0, 0.1) is 5.92 Å². The van der Waals surface area contributed by atoms with Gasteiger partial charge in [0, 0.05) is 13.2 Å². The van der Waals surface area contributed by atoms with Gasteiger partial charge in [0.1, 0.15) is 0 Å². The standard InChI is InChI=1S/C15H19NO3/c1-11(10-17)6-4-5-9-16-14(18)12-7-2-3-8-13(12)15(16)19/h2-3,7-8,11,17H,4-6,9-10H2,1H3. The second kappa shape index (κ2) is 5.97. The van der Waals surface area contributed by atoms with Gasteiger partial charge < -0.3 is 5.11 Å². The molecule has 2 amide bonds. The molecule has 102 valence electrons. The Morgan fingerprint density at radius 1 is 1.11 bits per heavy atom. The molecule has 0 fully saturated rings. The molecule has 1 aliphatic rings. The second-order valence-electron chi connectivity index (χ2n) is 5.09. The summed E-state index contributed by atoms with van der Waals surface area (Å²) in [6.45, 7) is 2.64. The van der Waals surface area contributed by atoms with Crippen molar-refractivity contribution in [2.75, 3.05) is 13.2 Å².